The minimum Gasteiger partial charge on any atom is -0.365 e. The van der Waals surface area contributed by atoms with Gasteiger partial charge in [0.2, 0.25) is 0 Å². The van der Waals surface area contributed by atoms with E-state index in [9.17, 15) is 13.2 Å². The van der Waals surface area contributed by atoms with Crippen LogP contribution >= 0.6 is 0 Å². The zero-order valence-electron chi connectivity index (χ0n) is 12.3. The van der Waals surface area contributed by atoms with Crippen molar-refractivity contribution in [3.05, 3.63) is 53.3 Å². The molecule has 23 heavy (non-hydrogen) atoms. The van der Waals surface area contributed by atoms with Crippen molar-refractivity contribution in [2.75, 3.05) is 5.32 Å². The largest absolute Gasteiger partial charge is 0.453 e. The molecule has 2 heterocycles. The summed E-state index contributed by atoms with van der Waals surface area (Å²) in [5.41, 5.74) is 2.31. The number of alkyl halides is 3. The SMILES string of the molecule is CCc1ccccc1CNc1ccc2nnc(C(F)(F)F)n2n1. The van der Waals surface area contributed by atoms with Crippen LogP contribution in [0.15, 0.2) is 36.4 Å². The highest BCUT2D eigenvalue weighted by Crippen LogP contribution is 2.27. The van der Waals surface area contributed by atoms with E-state index in [4.69, 9.17) is 0 Å². The van der Waals surface area contributed by atoms with Gasteiger partial charge in [-0.3, -0.25) is 0 Å². The van der Waals surface area contributed by atoms with Crippen LogP contribution in [0.3, 0.4) is 0 Å². The molecule has 3 aromatic rings. The van der Waals surface area contributed by atoms with Gasteiger partial charge < -0.3 is 5.32 Å². The number of nitrogens with one attached hydrogen (secondary N) is 1. The molecular weight excluding hydrogens is 307 g/mol. The Labute approximate surface area is 130 Å². The van der Waals surface area contributed by atoms with E-state index in [2.05, 4.69) is 27.5 Å². The monoisotopic (exact) mass is 321 g/mol. The highest BCUT2D eigenvalue weighted by molar-refractivity contribution is 5.45. The molecule has 0 saturated carbocycles. The highest BCUT2D eigenvalue weighted by atomic mass is 19.4. The number of halogens is 3. The summed E-state index contributed by atoms with van der Waals surface area (Å²) in [7, 11) is 0. The van der Waals surface area contributed by atoms with Crippen molar-refractivity contribution in [2.45, 2.75) is 26.1 Å². The van der Waals surface area contributed by atoms with Gasteiger partial charge in [-0.1, -0.05) is 31.2 Å². The first-order chi connectivity index (χ1) is 11.0. The Balaban J connectivity index is 1.86. The smallest absolute Gasteiger partial charge is 0.365 e. The number of fused-ring (bicyclic) bond motifs is 1. The van der Waals surface area contributed by atoms with Crippen LogP contribution in [0.2, 0.25) is 0 Å². The number of rotatable bonds is 4. The molecule has 8 heteroatoms. The predicted molar refractivity (Wildman–Crippen MR) is 78.9 cm³/mol. The van der Waals surface area contributed by atoms with Crippen molar-refractivity contribution in [1.29, 1.82) is 0 Å². The van der Waals surface area contributed by atoms with Crippen LogP contribution in [0.4, 0.5) is 19.0 Å². The number of aryl methyl sites for hydroxylation is 1. The summed E-state index contributed by atoms with van der Waals surface area (Å²) in [5.74, 6) is -0.807. The standard InChI is InChI=1S/C15H14F3N5/c1-2-10-5-3-4-6-11(10)9-19-12-7-8-13-20-21-14(15(16,17)18)23(13)22-12/h3-8H,2,9H2,1H3,(H,19,22). The van der Waals surface area contributed by atoms with Crippen molar-refractivity contribution in [2.24, 2.45) is 0 Å². The highest BCUT2D eigenvalue weighted by Gasteiger charge is 2.37. The van der Waals surface area contributed by atoms with Crippen LogP contribution in [-0.4, -0.2) is 19.8 Å². The fourth-order valence-corrected chi connectivity index (χ4v) is 2.32. The average molecular weight is 321 g/mol. The van der Waals surface area contributed by atoms with Gasteiger partial charge in [0.1, 0.15) is 5.82 Å². The summed E-state index contributed by atoms with van der Waals surface area (Å²) in [6, 6.07) is 10.9. The number of aromatic nitrogens is 4. The Morgan fingerprint density at radius 2 is 1.78 bits per heavy atom. The summed E-state index contributed by atoms with van der Waals surface area (Å²) < 4.78 is 39.2. The molecule has 0 amide bonds. The summed E-state index contributed by atoms with van der Waals surface area (Å²) in [6.45, 7) is 2.53. The van der Waals surface area contributed by atoms with E-state index in [1.165, 1.54) is 11.6 Å². The Morgan fingerprint density at radius 3 is 2.48 bits per heavy atom. The summed E-state index contributed by atoms with van der Waals surface area (Å²) in [4.78, 5) is 0. The quantitative estimate of drug-likeness (QED) is 0.801. The fourth-order valence-electron chi connectivity index (χ4n) is 2.32. The Morgan fingerprint density at radius 1 is 1.04 bits per heavy atom. The number of hydrogen-bond donors (Lipinski definition) is 1. The van der Waals surface area contributed by atoms with E-state index < -0.39 is 12.0 Å². The summed E-state index contributed by atoms with van der Waals surface area (Å²) in [5, 5.41) is 13.6. The van der Waals surface area contributed by atoms with E-state index in [1.807, 2.05) is 24.3 Å². The molecule has 0 aliphatic rings. The number of nitrogens with zero attached hydrogens (tertiary/aromatic N) is 4. The van der Waals surface area contributed by atoms with Crippen LogP contribution in [-0.2, 0) is 19.1 Å². The van der Waals surface area contributed by atoms with E-state index in [-0.39, 0.29) is 5.65 Å². The van der Waals surface area contributed by atoms with Crippen LogP contribution in [0.1, 0.15) is 23.9 Å². The van der Waals surface area contributed by atoms with Crippen molar-refractivity contribution in [3.8, 4) is 0 Å². The van der Waals surface area contributed by atoms with Gasteiger partial charge in [0.25, 0.3) is 5.82 Å². The van der Waals surface area contributed by atoms with Gasteiger partial charge in [0.15, 0.2) is 5.65 Å². The van der Waals surface area contributed by atoms with Crippen molar-refractivity contribution in [3.63, 3.8) is 0 Å². The average Bonchev–Trinajstić information content (AvgIpc) is 2.96. The van der Waals surface area contributed by atoms with Crippen molar-refractivity contribution in [1.82, 2.24) is 19.8 Å². The molecule has 0 spiro atoms. The van der Waals surface area contributed by atoms with E-state index in [0.717, 1.165) is 12.0 Å². The molecule has 0 fully saturated rings. The normalized spacial score (nSPS) is 11.8. The minimum atomic E-state index is -4.60. The van der Waals surface area contributed by atoms with Gasteiger partial charge in [0.05, 0.1) is 0 Å². The Kier molecular flexibility index (Phi) is 3.89. The fraction of sp³-hybridized carbons (Fsp3) is 0.267. The third kappa shape index (κ3) is 3.10. The van der Waals surface area contributed by atoms with Crippen LogP contribution in [0.25, 0.3) is 5.65 Å². The Hall–Kier alpha value is -2.64. The van der Waals surface area contributed by atoms with E-state index >= 15 is 0 Å². The molecule has 5 nitrogen and oxygen atoms in total. The molecule has 0 saturated heterocycles. The van der Waals surface area contributed by atoms with Crippen LogP contribution < -0.4 is 5.32 Å². The first-order valence-electron chi connectivity index (χ1n) is 7.09. The maximum atomic E-state index is 12.8. The zero-order valence-corrected chi connectivity index (χ0v) is 12.3. The summed E-state index contributed by atoms with van der Waals surface area (Å²) >= 11 is 0. The lowest BCUT2D eigenvalue weighted by atomic mass is 10.1. The number of anilines is 1. The lowest BCUT2D eigenvalue weighted by molar-refractivity contribution is -0.146. The van der Waals surface area contributed by atoms with E-state index in [0.29, 0.717) is 16.9 Å². The van der Waals surface area contributed by atoms with Crippen molar-refractivity contribution < 1.29 is 13.2 Å². The second kappa shape index (κ2) is 5.86. The molecule has 3 rings (SSSR count). The zero-order chi connectivity index (χ0) is 16.4. The van der Waals surface area contributed by atoms with Crippen LogP contribution in [0.5, 0.6) is 0 Å². The molecule has 0 atom stereocenters. The summed E-state index contributed by atoms with van der Waals surface area (Å²) in [6.07, 6.45) is -3.71. The topological polar surface area (TPSA) is 55.1 Å². The van der Waals surface area contributed by atoms with Crippen LogP contribution in [0, 0.1) is 0 Å². The first kappa shape index (κ1) is 15.3. The molecule has 120 valence electrons. The van der Waals surface area contributed by atoms with Gasteiger partial charge in [-0.15, -0.1) is 15.3 Å². The third-order valence-electron chi connectivity index (χ3n) is 3.48. The lowest BCUT2D eigenvalue weighted by Gasteiger charge is -2.10. The molecular formula is C15H14F3N5. The molecule has 0 aliphatic heterocycles. The number of benzene rings is 1. The second-order valence-electron chi connectivity index (χ2n) is 4.99. The molecule has 0 radical (unpaired) electrons. The van der Waals surface area contributed by atoms with E-state index in [1.54, 1.807) is 6.07 Å². The molecule has 1 aromatic carbocycles. The number of hydrogen-bond acceptors (Lipinski definition) is 4. The first-order valence-corrected chi connectivity index (χ1v) is 7.09. The molecule has 0 unspecified atom stereocenters. The van der Waals surface area contributed by atoms with Crippen molar-refractivity contribution >= 4 is 11.5 Å². The minimum absolute atomic E-state index is 0.0526. The van der Waals surface area contributed by atoms with Gasteiger partial charge in [-0.25, -0.2) is 0 Å². The van der Waals surface area contributed by atoms with Gasteiger partial charge >= 0.3 is 6.18 Å². The molecule has 0 aliphatic carbocycles. The van der Waals surface area contributed by atoms with Gasteiger partial charge in [-0.2, -0.15) is 17.7 Å². The maximum absolute atomic E-state index is 12.8. The predicted octanol–water partition coefficient (Wildman–Crippen LogP) is 3.32. The molecule has 2 aromatic heterocycles. The Bertz CT molecular complexity index is 825. The molecule has 1 N–H and O–H groups in total. The molecule has 0 bridgehead atoms. The maximum Gasteiger partial charge on any atom is 0.453 e. The van der Waals surface area contributed by atoms with Gasteiger partial charge in [-0.05, 0) is 29.7 Å². The van der Waals surface area contributed by atoms with Gasteiger partial charge in [0, 0.05) is 6.54 Å². The second-order valence-corrected chi connectivity index (χ2v) is 4.99. The third-order valence-corrected chi connectivity index (χ3v) is 3.48. The lowest BCUT2D eigenvalue weighted by Crippen LogP contribution is -2.13.